The monoisotopic (exact) mass is 371 g/mol. The van der Waals surface area contributed by atoms with Gasteiger partial charge in [-0.3, -0.25) is 4.79 Å². The lowest BCUT2D eigenvalue weighted by Crippen LogP contribution is -2.15. The number of amides is 1. The van der Waals surface area contributed by atoms with Crippen molar-refractivity contribution in [2.75, 3.05) is 25.3 Å². The van der Waals surface area contributed by atoms with E-state index in [1.54, 1.807) is 0 Å². The molecule has 3 rings (SSSR count). The Hall–Kier alpha value is -2.73. The van der Waals surface area contributed by atoms with Crippen LogP contribution in [-0.2, 0) is 16.1 Å². The molecule has 1 aliphatic rings. The average molecular weight is 371 g/mol. The van der Waals surface area contributed by atoms with Gasteiger partial charge in [0, 0.05) is 18.4 Å². The molecule has 144 valence electrons. The Balaban J connectivity index is 1.47. The molecule has 6 heteroatoms. The number of anilines is 1. The van der Waals surface area contributed by atoms with Gasteiger partial charge in [-0.25, -0.2) is 0 Å². The van der Waals surface area contributed by atoms with E-state index in [9.17, 15) is 4.79 Å². The van der Waals surface area contributed by atoms with Crippen LogP contribution in [-0.4, -0.2) is 25.9 Å². The van der Waals surface area contributed by atoms with Crippen LogP contribution in [0.1, 0.15) is 25.8 Å². The highest BCUT2D eigenvalue weighted by Gasteiger charge is 2.13. The Morgan fingerprint density at radius 2 is 2.00 bits per heavy atom. The van der Waals surface area contributed by atoms with E-state index in [-0.39, 0.29) is 12.7 Å². The summed E-state index contributed by atoms with van der Waals surface area (Å²) < 4.78 is 21.9. The number of rotatable bonds is 9. The highest BCUT2D eigenvalue weighted by molar-refractivity contribution is 5.90. The van der Waals surface area contributed by atoms with E-state index < -0.39 is 0 Å². The van der Waals surface area contributed by atoms with Gasteiger partial charge in [0.2, 0.25) is 12.7 Å². The van der Waals surface area contributed by atoms with Gasteiger partial charge < -0.3 is 24.3 Å². The Kier molecular flexibility index (Phi) is 6.54. The summed E-state index contributed by atoms with van der Waals surface area (Å²) in [5.41, 5.74) is 1.71. The van der Waals surface area contributed by atoms with Gasteiger partial charge in [-0.05, 0) is 35.7 Å². The van der Waals surface area contributed by atoms with Crippen molar-refractivity contribution in [3.63, 3.8) is 0 Å². The molecule has 1 N–H and O–H groups in total. The first kappa shape index (κ1) is 19.0. The molecule has 0 spiro atoms. The number of carbonyl (C=O) groups is 1. The molecule has 1 amide bonds. The maximum Gasteiger partial charge on any atom is 0.231 e. The lowest BCUT2D eigenvalue weighted by Gasteiger charge is -2.10. The number of carbonyl (C=O) groups excluding carboxylic acids is 1. The molecule has 0 atom stereocenters. The number of nitrogens with one attached hydrogen (secondary N) is 1. The average Bonchev–Trinajstić information content (AvgIpc) is 3.11. The van der Waals surface area contributed by atoms with E-state index >= 15 is 0 Å². The molecule has 0 saturated carbocycles. The molecule has 0 radical (unpaired) electrons. The molecule has 27 heavy (non-hydrogen) atoms. The van der Waals surface area contributed by atoms with Crippen molar-refractivity contribution >= 4 is 11.6 Å². The zero-order valence-electron chi connectivity index (χ0n) is 15.7. The summed E-state index contributed by atoms with van der Waals surface area (Å²) in [5, 5.41) is 2.89. The number of hydrogen-bond acceptors (Lipinski definition) is 5. The standard InChI is InChI=1S/C21H25NO5/c1-15(2)12-24-9-8-21(23)22-17-5-3-4-16(10-17)13-25-18-6-7-19-20(11-18)27-14-26-19/h3-7,10-11,15H,8-9,12-14H2,1-2H3,(H,22,23). The zero-order chi connectivity index (χ0) is 19.1. The van der Waals surface area contributed by atoms with Gasteiger partial charge in [-0.2, -0.15) is 0 Å². The Bertz CT molecular complexity index is 775. The second-order valence-corrected chi connectivity index (χ2v) is 6.77. The SMILES string of the molecule is CC(C)COCCC(=O)Nc1cccc(COc2ccc3c(c2)OCO3)c1. The summed E-state index contributed by atoms with van der Waals surface area (Å²) in [6.07, 6.45) is 0.338. The van der Waals surface area contributed by atoms with E-state index in [0.29, 0.717) is 43.7 Å². The van der Waals surface area contributed by atoms with Crippen molar-refractivity contribution in [3.05, 3.63) is 48.0 Å². The topological polar surface area (TPSA) is 66.0 Å². The molecule has 0 aromatic heterocycles. The van der Waals surface area contributed by atoms with Crippen LogP contribution in [0.15, 0.2) is 42.5 Å². The molecule has 0 fully saturated rings. The molecule has 0 aliphatic carbocycles. The Labute approximate surface area is 159 Å². The van der Waals surface area contributed by atoms with Gasteiger partial charge in [0.25, 0.3) is 0 Å². The second kappa shape index (κ2) is 9.28. The first-order chi connectivity index (χ1) is 13.1. The fourth-order valence-corrected chi connectivity index (χ4v) is 2.58. The minimum absolute atomic E-state index is 0.0624. The fourth-order valence-electron chi connectivity index (χ4n) is 2.58. The van der Waals surface area contributed by atoms with E-state index in [1.165, 1.54) is 0 Å². The van der Waals surface area contributed by atoms with Crippen molar-refractivity contribution in [1.29, 1.82) is 0 Å². The van der Waals surface area contributed by atoms with Gasteiger partial charge in [-0.1, -0.05) is 26.0 Å². The molecule has 0 unspecified atom stereocenters. The normalized spacial score (nSPS) is 12.3. The van der Waals surface area contributed by atoms with Gasteiger partial charge >= 0.3 is 0 Å². The minimum atomic E-state index is -0.0624. The third-order valence-electron chi connectivity index (χ3n) is 3.88. The summed E-state index contributed by atoms with van der Waals surface area (Å²) in [5.74, 6) is 2.52. The third-order valence-corrected chi connectivity index (χ3v) is 3.88. The highest BCUT2D eigenvalue weighted by Crippen LogP contribution is 2.35. The van der Waals surface area contributed by atoms with Gasteiger partial charge in [0.1, 0.15) is 12.4 Å². The van der Waals surface area contributed by atoms with Crippen molar-refractivity contribution in [3.8, 4) is 17.2 Å². The van der Waals surface area contributed by atoms with Crippen LogP contribution < -0.4 is 19.5 Å². The number of ether oxygens (including phenoxy) is 4. The number of fused-ring (bicyclic) bond motifs is 1. The van der Waals surface area contributed by atoms with Crippen LogP contribution in [0.3, 0.4) is 0 Å². The third kappa shape index (κ3) is 5.89. The van der Waals surface area contributed by atoms with Crippen LogP contribution in [0.5, 0.6) is 17.2 Å². The van der Waals surface area contributed by atoms with E-state index in [2.05, 4.69) is 19.2 Å². The van der Waals surface area contributed by atoms with Gasteiger partial charge in [0.15, 0.2) is 11.5 Å². The smallest absolute Gasteiger partial charge is 0.231 e. The predicted molar refractivity (Wildman–Crippen MR) is 102 cm³/mol. The highest BCUT2D eigenvalue weighted by atomic mass is 16.7. The van der Waals surface area contributed by atoms with Crippen molar-refractivity contribution in [2.24, 2.45) is 5.92 Å². The quantitative estimate of drug-likeness (QED) is 0.675. The maximum absolute atomic E-state index is 12.0. The first-order valence-electron chi connectivity index (χ1n) is 9.09. The van der Waals surface area contributed by atoms with E-state index in [1.807, 2.05) is 42.5 Å². The zero-order valence-corrected chi connectivity index (χ0v) is 15.7. The van der Waals surface area contributed by atoms with Crippen LogP contribution in [0, 0.1) is 5.92 Å². The van der Waals surface area contributed by atoms with E-state index in [0.717, 1.165) is 17.0 Å². The van der Waals surface area contributed by atoms with Crippen LogP contribution >= 0.6 is 0 Å². The number of benzene rings is 2. The fraction of sp³-hybridized carbons (Fsp3) is 0.381. The van der Waals surface area contributed by atoms with Crippen molar-refractivity contribution < 1.29 is 23.7 Å². The molecule has 0 saturated heterocycles. The Morgan fingerprint density at radius 1 is 1.15 bits per heavy atom. The molecule has 1 heterocycles. The molecule has 1 aliphatic heterocycles. The minimum Gasteiger partial charge on any atom is -0.489 e. The Morgan fingerprint density at radius 3 is 2.85 bits per heavy atom. The lowest BCUT2D eigenvalue weighted by molar-refractivity contribution is -0.117. The van der Waals surface area contributed by atoms with Crippen molar-refractivity contribution in [2.45, 2.75) is 26.9 Å². The molecule has 6 nitrogen and oxygen atoms in total. The maximum atomic E-state index is 12.0. The van der Waals surface area contributed by atoms with Gasteiger partial charge in [0.05, 0.1) is 13.0 Å². The summed E-state index contributed by atoms with van der Waals surface area (Å²) in [6, 6.07) is 13.1. The molecular formula is C21H25NO5. The predicted octanol–water partition coefficient (Wildman–Crippen LogP) is 4.00. The van der Waals surface area contributed by atoms with Crippen LogP contribution in [0.2, 0.25) is 0 Å². The molecular weight excluding hydrogens is 346 g/mol. The first-order valence-corrected chi connectivity index (χ1v) is 9.09. The van der Waals surface area contributed by atoms with Crippen LogP contribution in [0.4, 0.5) is 5.69 Å². The molecule has 0 bridgehead atoms. The number of hydrogen-bond donors (Lipinski definition) is 1. The summed E-state index contributed by atoms with van der Waals surface area (Å²) >= 11 is 0. The summed E-state index contributed by atoms with van der Waals surface area (Å²) in [7, 11) is 0. The lowest BCUT2D eigenvalue weighted by atomic mass is 10.2. The molecule has 2 aromatic rings. The summed E-state index contributed by atoms with van der Waals surface area (Å²) in [6.45, 7) is 5.88. The largest absolute Gasteiger partial charge is 0.489 e. The van der Waals surface area contributed by atoms with Crippen LogP contribution in [0.25, 0.3) is 0 Å². The second-order valence-electron chi connectivity index (χ2n) is 6.77. The van der Waals surface area contributed by atoms with E-state index in [4.69, 9.17) is 18.9 Å². The van der Waals surface area contributed by atoms with Crippen molar-refractivity contribution in [1.82, 2.24) is 0 Å². The molecule has 2 aromatic carbocycles. The van der Waals surface area contributed by atoms with Gasteiger partial charge in [-0.15, -0.1) is 0 Å². The summed E-state index contributed by atoms with van der Waals surface area (Å²) in [4.78, 5) is 12.0.